The summed E-state index contributed by atoms with van der Waals surface area (Å²) in [6.45, 7) is 4.77. The van der Waals surface area contributed by atoms with Crippen LogP contribution in [-0.2, 0) is 9.53 Å². The lowest BCUT2D eigenvalue weighted by Crippen LogP contribution is -2.48. The number of likely N-dealkylation sites (tertiary alicyclic amines) is 1. The number of amides is 1. The molecule has 2 saturated heterocycles. The minimum Gasteiger partial charge on any atom is -0.457 e. The van der Waals surface area contributed by atoms with E-state index in [2.05, 4.69) is 20.2 Å². The van der Waals surface area contributed by atoms with E-state index in [1.807, 2.05) is 59.5 Å². The number of nitrogen functional groups attached to an aromatic ring is 1. The van der Waals surface area contributed by atoms with E-state index in [1.54, 1.807) is 0 Å². The number of ether oxygens (including phenoxy) is 2. The number of morpholine rings is 1. The maximum atomic E-state index is 12.8. The SMILES string of the molecule is N=C(c1ccc(Oc2ccccc2)cc1)c1c(N)ncnc1NC1CCN(C(=O)CN2CCOCC2)CC1. The fourth-order valence-corrected chi connectivity index (χ4v) is 4.73. The molecule has 3 heterocycles. The number of anilines is 2. The molecule has 0 radical (unpaired) electrons. The molecule has 38 heavy (non-hydrogen) atoms. The molecule has 10 nitrogen and oxygen atoms in total. The Balaban J connectivity index is 1.20. The van der Waals surface area contributed by atoms with Crippen LogP contribution in [0.4, 0.5) is 11.6 Å². The van der Waals surface area contributed by atoms with E-state index in [-0.39, 0.29) is 23.5 Å². The third kappa shape index (κ3) is 6.27. The predicted molar refractivity (Wildman–Crippen MR) is 146 cm³/mol. The maximum Gasteiger partial charge on any atom is 0.236 e. The smallest absolute Gasteiger partial charge is 0.236 e. The van der Waals surface area contributed by atoms with Crippen molar-refractivity contribution in [3.63, 3.8) is 0 Å². The molecule has 10 heteroatoms. The molecule has 0 saturated carbocycles. The Bertz CT molecular complexity index is 1240. The first-order valence-corrected chi connectivity index (χ1v) is 12.9. The predicted octanol–water partition coefficient (Wildman–Crippen LogP) is 3.00. The van der Waals surface area contributed by atoms with Crippen LogP contribution in [0.15, 0.2) is 60.9 Å². The summed E-state index contributed by atoms with van der Waals surface area (Å²) in [7, 11) is 0. The van der Waals surface area contributed by atoms with E-state index >= 15 is 0 Å². The summed E-state index contributed by atoms with van der Waals surface area (Å²) in [6, 6.07) is 17.0. The van der Waals surface area contributed by atoms with E-state index in [4.69, 9.17) is 20.6 Å². The van der Waals surface area contributed by atoms with Gasteiger partial charge in [0.2, 0.25) is 5.91 Å². The molecule has 4 N–H and O–H groups in total. The first kappa shape index (κ1) is 25.6. The number of benzene rings is 2. The first-order chi connectivity index (χ1) is 18.6. The number of para-hydroxylation sites is 1. The topological polar surface area (TPSA) is 130 Å². The van der Waals surface area contributed by atoms with E-state index in [0.717, 1.165) is 31.7 Å². The van der Waals surface area contributed by atoms with Gasteiger partial charge in [-0.05, 0) is 49.2 Å². The van der Waals surface area contributed by atoms with Gasteiger partial charge in [0.15, 0.2) is 0 Å². The molecule has 0 atom stereocenters. The number of piperidine rings is 1. The van der Waals surface area contributed by atoms with E-state index in [9.17, 15) is 4.79 Å². The third-order valence-electron chi connectivity index (χ3n) is 6.90. The molecule has 0 spiro atoms. The number of nitrogens with two attached hydrogens (primary N) is 1. The number of rotatable bonds is 8. The fourth-order valence-electron chi connectivity index (χ4n) is 4.73. The molecule has 5 rings (SSSR count). The highest BCUT2D eigenvalue weighted by atomic mass is 16.5. The molecule has 2 aliphatic rings. The molecular weight excluding hydrogens is 482 g/mol. The molecule has 2 fully saturated rings. The van der Waals surface area contributed by atoms with Gasteiger partial charge >= 0.3 is 0 Å². The van der Waals surface area contributed by atoms with Crippen molar-refractivity contribution in [3.8, 4) is 11.5 Å². The van der Waals surface area contributed by atoms with Gasteiger partial charge in [-0.2, -0.15) is 0 Å². The van der Waals surface area contributed by atoms with E-state index in [0.29, 0.717) is 55.5 Å². The summed E-state index contributed by atoms with van der Waals surface area (Å²) < 4.78 is 11.2. The van der Waals surface area contributed by atoms with Crippen molar-refractivity contribution in [1.82, 2.24) is 19.8 Å². The average Bonchev–Trinajstić information content (AvgIpc) is 2.95. The van der Waals surface area contributed by atoms with Crippen molar-refractivity contribution in [2.75, 3.05) is 57.0 Å². The Morgan fingerprint density at radius 2 is 1.68 bits per heavy atom. The van der Waals surface area contributed by atoms with Gasteiger partial charge in [0.1, 0.15) is 29.5 Å². The van der Waals surface area contributed by atoms with Crippen LogP contribution in [0.25, 0.3) is 0 Å². The number of nitrogens with one attached hydrogen (secondary N) is 2. The highest BCUT2D eigenvalue weighted by Gasteiger charge is 2.26. The molecule has 2 aromatic carbocycles. The molecule has 0 bridgehead atoms. The lowest BCUT2D eigenvalue weighted by molar-refractivity contribution is -0.134. The quantitative estimate of drug-likeness (QED) is 0.391. The third-order valence-corrected chi connectivity index (χ3v) is 6.90. The second kappa shape index (κ2) is 12.0. The minimum absolute atomic E-state index is 0.116. The maximum absolute atomic E-state index is 12.8. The molecule has 1 amide bonds. The van der Waals surface area contributed by atoms with Gasteiger partial charge in [-0.25, -0.2) is 9.97 Å². The highest BCUT2D eigenvalue weighted by molar-refractivity contribution is 6.16. The van der Waals surface area contributed by atoms with Crippen LogP contribution in [0.3, 0.4) is 0 Å². The van der Waals surface area contributed by atoms with Crippen LogP contribution in [0.1, 0.15) is 24.0 Å². The second-order valence-corrected chi connectivity index (χ2v) is 9.48. The van der Waals surface area contributed by atoms with Crippen LogP contribution in [-0.4, -0.2) is 83.4 Å². The number of hydrogen-bond donors (Lipinski definition) is 3. The summed E-state index contributed by atoms with van der Waals surface area (Å²) in [4.78, 5) is 25.4. The van der Waals surface area contributed by atoms with Crippen molar-refractivity contribution in [3.05, 3.63) is 72.1 Å². The Hall–Kier alpha value is -4.02. The average molecular weight is 516 g/mol. The van der Waals surface area contributed by atoms with Gasteiger partial charge in [0.25, 0.3) is 0 Å². The fraction of sp³-hybridized carbons (Fsp3) is 0.357. The summed E-state index contributed by atoms with van der Waals surface area (Å²) >= 11 is 0. The Morgan fingerprint density at radius 3 is 2.39 bits per heavy atom. The van der Waals surface area contributed by atoms with Crippen LogP contribution >= 0.6 is 0 Å². The summed E-state index contributed by atoms with van der Waals surface area (Å²) in [5, 5.41) is 12.3. The van der Waals surface area contributed by atoms with Crippen molar-refractivity contribution in [1.29, 1.82) is 5.41 Å². The van der Waals surface area contributed by atoms with Crippen LogP contribution in [0.5, 0.6) is 11.5 Å². The van der Waals surface area contributed by atoms with Crippen LogP contribution < -0.4 is 15.8 Å². The molecular formula is C28H33N7O3. The van der Waals surface area contributed by atoms with Crippen molar-refractivity contribution < 1.29 is 14.3 Å². The zero-order chi connectivity index (χ0) is 26.3. The largest absolute Gasteiger partial charge is 0.457 e. The number of hydrogen-bond acceptors (Lipinski definition) is 9. The van der Waals surface area contributed by atoms with Crippen molar-refractivity contribution >= 4 is 23.3 Å². The molecule has 1 aromatic heterocycles. The van der Waals surface area contributed by atoms with Gasteiger partial charge in [-0.1, -0.05) is 18.2 Å². The van der Waals surface area contributed by atoms with Gasteiger partial charge in [0, 0.05) is 37.8 Å². The van der Waals surface area contributed by atoms with Gasteiger partial charge in [0.05, 0.1) is 31.0 Å². The van der Waals surface area contributed by atoms with E-state index in [1.165, 1.54) is 6.33 Å². The Labute approximate surface area is 222 Å². The molecule has 3 aromatic rings. The highest BCUT2D eigenvalue weighted by Crippen LogP contribution is 2.26. The summed E-state index contributed by atoms with van der Waals surface area (Å²) in [5.41, 5.74) is 7.60. The summed E-state index contributed by atoms with van der Waals surface area (Å²) in [6.07, 6.45) is 2.99. The van der Waals surface area contributed by atoms with Crippen molar-refractivity contribution in [2.24, 2.45) is 0 Å². The second-order valence-electron chi connectivity index (χ2n) is 9.48. The zero-order valence-corrected chi connectivity index (χ0v) is 21.3. The monoisotopic (exact) mass is 515 g/mol. The first-order valence-electron chi connectivity index (χ1n) is 12.9. The number of nitrogens with zero attached hydrogens (tertiary/aromatic N) is 4. The Morgan fingerprint density at radius 1 is 1.00 bits per heavy atom. The van der Waals surface area contributed by atoms with Crippen molar-refractivity contribution in [2.45, 2.75) is 18.9 Å². The van der Waals surface area contributed by atoms with E-state index < -0.39 is 0 Å². The van der Waals surface area contributed by atoms with Crippen LogP contribution in [0.2, 0.25) is 0 Å². The standard InChI is InChI=1S/C28H33N7O3/c29-26(20-6-8-23(9-7-20)38-22-4-2-1-3-5-22)25-27(30)31-19-32-28(25)33-21-10-12-35(13-11-21)24(36)18-34-14-16-37-17-15-34/h1-9,19,21,29H,10-18H2,(H3,30,31,32,33). The summed E-state index contributed by atoms with van der Waals surface area (Å²) in [5.74, 6) is 2.37. The number of aromatic nitrogens is 2. The molecule has 0 unspecified atom stereocenters. The number of carbonyl (C=O) groups excluding carboxylic acids is 1. The van der Waals surface area contributed by atoms with Crippen LogP contribution in [0, 0.1) is 5.41 Å². The lowest BCUT2D eigenvalue weighted by Gasteiger charge is -2.35. The molecule has 198 valence electrons. The Kier molecular flexibility index (Phi) is 8.10. The lowest BCUT2D eigenvalue weighted by atomic mass is 10.0. The normalized spacial score (nSPS) is 16.7. The van der Waals surface area contributed by atoms with Gasteiger partial charge in [-0.3, -0.25) is 15.1 Å². The minimum atomic E-state index is 0.116. The molecule has 0 aliphatic carbocycles. The zero-order valence-electron chi connectivity index (χ0n) is 21.3. The molecule has 2 aliphatic heterocycles. The number of carbonyl (C=O) groups is 1. The van der Waals surface area contributed by atoms with Gasteiger partial charge in [-0.15, -0.1) is 0 Å². The van der Waals surface area contributed by atoms with Gasteiger partial charge < -0.3 is 25.4 Å².